The second kappa shape index (κ2) is 8.72. The van der Waals surface area contributed by atoms with Crippen molar-refractivity contribution in [1.29, 1.82) is 0 Å². The minimum atomic E-state index is 0.539. The average molecular weight is 279 g/mol. The van der Waals surface area contributed by atoms with Crippen LogP contribution in [0, 0.1) is 12.8 Å². The van der Waals surface area contributed by atoms with Crippen LogP contribution in [0.3, 0.4) is 0 Å². The third kappa shape index (κ3) is 4.62. The van der Waals surface area contributed by atoms with E-state index in [0.29, 0.717) is 31.5 Å². The molecule has 0 aliphatic carbocycles. The van der Waals surface area contributed by atoms with E-state index in [1.165, 1.54) is 5.56 Å². The normalized spacial score (nSPS) is 12.1. The van der Waals surface area contributed by atoms with Crippen molar-refractivity contribution in [2.45, 2.75) is 40.5 Å². The molecule has 1 rings (SSSR count). The standard InChI is InChI=1S/C17H27O3/c1-6-13(5)10-14-11-15(18-7-2)17(20-9-4)16(12-14)19-8-3/h11-13H,1,6-10H2,2-5H3. The molecule has 1 radical (unpaired) electrons. The van der Waals surface area contributed by atoms with Crippen molar-refractivity contribution in [2.75, 3.05) is 19.8 Å². The van der Waals surface area contributed by atoms with Crippen molar-refractivity contribution in [3.05, 3.63) is 24.6 Å². The summed E-state index contributed by atoms with van der Waals surface area (Å²) in [4.78, 5) is 0. The first-order chi connectivity index (χ1) is 9.65. The van der Waals surface area contributed by atoms with Crippen LogP contribution < -0.4 is 14.2 Å². The van der Waals surface area contributed by atoms with Gasteiger partial charge in [0.25, 0.3) is 0 Å². The zero-order valence-electron chi connectivity index (χ0n) is 13.2. The van der Waals surface area contributed by atoms with E-state index in [0.717, 1.165) is 24.3 Å². The van der Waals surface area contributed by atoms with Crippen molar-refractivity contribution >= 4 is 0 Å². The van der Waals surface area contributed by atoms with Gasteiger partial charge in [-0.05, 0) is 50.8 Å². The second-order valence-electron chi connectivity index (χ2n) is 4.82. The summed E-state index contributed by atoms with van der Waals surface area (Å²) >= 11 is 0. The summed E-state index contributed by atoms with van der Waals surface area (Å²) in [6.07, 6.45) is 1.89. The fraction of sp³-hybridized carbons (Fsp3) is 0.588. The van der Waals surface area contributed by atoms with Gasteiger partial charge in [-0.1, -0.05) is 20.3 Å². The molecule has 0 bridgehead atoms. The quantitative estimate of drug-likeness (QED) is 0.675. The third-order valence-corrected chi connectivity index (χ3v) is 3.05. The van der Waals surface area contributed by atoms with Crippen molar-refractivity contribution in [3.63, 3.8) is 0 Å². The van der Waals surface area contributed by atoms with E-state index in [1.807, 2.05) is 20.8 Å². The molecular weight excluding hydrogens is 252 g/mol. The van der Waals surface area contributed by atoms with Gasteiger partial charge in [0.05, 0.1) is 19.8 Å². The second-order valence-corrected chi connectivity index (χ2v) is 4.82. The molecule has 1 unspecified atom stereocenters. The Kier molecular flexibility index (Phi) is 7.27. The summed E-state index contributed by atoms with van der Waals surface area (Å²) in [6, 6.07) is 4.12. The molecule has 0 fully saturated rings. The van der Waals surface area contributed by atoms with Crippen LogP contribution in [0.25, 0.3) is 0 Å². The number of hydrogen-bond acceptors (Lipinski definition) is 3. The van der Waals surface area contributed by atoms with Gasteiger partial charge in [0.1, 0.15) is 0 Å². The molecule has 3 heteroatoms. The lowest BCUT2D eigenvalue weighted by molar-refractivity contribution is 0.260. The van der Waals surface area contributed by atoms with Crippen molar-refractivity contribution in [1.82, 2.24) is 0 Å². The Bertz CT molecular complexity index is 374. The highest BCUT2D eigenvalue weighted by Gasteiger charge is 2.15. The van der Waals surface area contributed by atoms with Gasteiger partial charge in [-0.3, -0.25) is 0 Å². The van der Waals surface area contributed by atoms with Crippen LogP contribution in [0.2, 0.25) is 0 Å². The first-order valence-corrected chi connectivity index (χ1v) is 7.50. The number of benzene rings is 1. The molecule has 0 aliphatic heterocycles. The lowest BCUT2D eigenvalue weighted by Crippen LogP contribution is -2.05. The van der Waals surface area contributed by atoms with Crippen LogP contribution in [0.4, 0.5) is 0 Å². The minimum Gasteiger partial charge on any atom is -0.490 e. The number of hydrogen-bond donors (Lipinski definition) is 0. The van der Waals surface area contributed by atoms with Crippen molar-refractivity contribution in [2.24, 2.45) is 5.92 Å². The third-order valence-electron chi connectivity index (χ3n) is 3.05. The van der Waals surface area contributed by atoms with E-state index >= 15 is 0 Å². The van der Waals surface area contributed by atoms with Crippen molar-refractivity contribution < 1.29 is 14.2 Å². The Labute approximate surface area is 123 Å². The summed E-state index contributed by atoms with van der Waals surface area (Å²) < 4.78 is 17.1. The number of ether oxygens (including phenoxy) is 3. The van der Waals surface area contributed by atoms with E-state index in [4.69, 9.17) is 14.2 Å². The minimum absolute atomic E-state index is 0.539. The molecule has 0 aliphatic rings. The van der Waals surface area contributed by atoms with Crippen LogP contribution in [0.15, 0.2) is 12.1 Å². The molecule has 0 aromatic heterocycles. The predicted octanol–water partition coefficient (Wildman–Crippen LogP) is 4.29. The fourth-order valence-corrected chi connectivity index (χ4v) is 2.07. The molecule has 1 atom stereocenters. The van der Waals surface area contributed by atoms with E-state index in [9.17, 15) is 0 Å². The van der Waals surface area contributed by atoms with Crippen LogP contribution in [-0.2, 0) is 6.42 Å². The molecule has 0 saturated carbocycles. The zero-order valence-corrected chi connectivity index (χ0v) is 13.2. The molecule has 0 saturated heterocycles. The van der Waals surface area contributed by atoms with Crippen molar-refractivity contribution in [3.8, 4) is 17.2 Å². The predicted molar refractivity (Wildman–Crippen MR) is 82.8 cm³/mol. The van der Waals surface area contributed by atoms with Gasteiger partial charge in [-0.15, -0.1) is 0 Å². The average Bonchev–Trinajstić information content (AvgIpc) is 2.43. The maximum absolute atomic E-state index is 5.71. The van der Waals surface area contributed by atoms with Gasteiger partial charge >= 0.3 is 0 Å². The molecule has 1 aromatic carbocycles. The first-order valence-electron chi connectivity index (χ1n) is 7.50. The Morgan fingerprint density at radius 1 is 0.950 bits per heavy atom. The van der Waals surface area contributed by atoms with Gasteiger partial charge < -0.3 is 14.2 Å². The summed E-state index contributed by atoms with van der Waals surface area (Å²) in [5, 5.41) is 0. The molecule has 113 valence electrons. The van der Waals surface area contributed by atoms with Crippen LogP contribution in [0.5, 0.6) is 17.2 Å². The smallest absolute Gasteiger partial charge is 0.203 e. The maximum Gasteiger partial charge on any atom is 0.203 e. The molecule has 3 nitrogen and oxygen atoms in total. The number of rotatable bonds is 9. The molecule has 0 spiro atoms. The van der Waals surface area contributed by atoms with Gasteiger partial charge in [0.15, 0.2) is 11.5 Å². The highest BCUT2D eigenvalue weighted by atomic mass is 16.5. The highest BCUT2D eigenvalue weighted by molar-refractivity contribution is 5.54. The van der Waals surface area contributed by atoms with Gasteiger partial charge in [-0.25, -0.2) is 0 Å². The van der Waals surface area contributed by atoms with E-state index < -0.39 is 0 Å². The van der Waals surface area contributed by atoms with Gasteiger partial charge in [0.2, 0.25) is 5.75 Å². The van der Waals surface area contributed by atoms with Crippen LogP contribution in [0.1, 0.15) is 39.7 Å². The van der Waals surface area contributed by atoms with E-state index in [1.54, 1.807) is 0 Å². The Balaban J connectivity index is 3.14. The Hall–Kier alpha value is -1.38. The monoisotopic (exact) mass is 279 g/mol. The summed E-state index contributed by atoms with van der Waals surface area (Å²) in [7, 11) is 0. The van der Waals surface area contributed by atoms with Gasteiger partial charge in [0, 0.05) is 0 Å². The zero-order chi connectivity index (χ0) is 15.0. The summed E-state index contributed by atoms with van der Waals surface area (Å²) in [6.45, 7) is 13.9. The van der Waals surface area contributed by atoms with Crippen LogP contribution >= 0.6 is 0 Å². The lowest BCUT2D eigenvalue weighted by Gasteiger charge is -2.18. The molecule has 0 N–H and O–H groups in total. The van der Waals surface area contributed by atoms with E-state index in [-0.39, 0.29) is 0 Å². The van der Waals surface area contributed by atoms with E-state index in [2.05, 4.69) is 26.0 Å². The SMILES string of the molecule is [CH2]CC(C)Cc1cc(OCC)c(OCC)c(OCC)c1. The molecule has 1 aromatic rings. The lowest BCUT2D eigenvalue weighted by atomic mass is 9.98. The highest BCUT2D eigenvalue weighted by Crippen LogP contribution is 2.39. The fourth-order valence-electron chi connectivity index (χ4n) is 2.07. The summed E-state index contributed by atoms with van der Waals surface area (Å²) in [5.41, 5.74) is 1.21. The molecule has 0 amide bonds. The first kappa shape index (κ1) is 16.7. The largest absolute Gasteiger partial charge is 0.490 e. The Morgan fingerprint density at radius 2 is 1.45 bits per heavy atom. The molecule has 0 heterocycles. The molecule has 20 heavy (non-hydrogen) atoms. The maximum atomic E-state index is 5.71. The van der Waals surface area contributed by atoms with Gasteiger partial charge in [-0.2, -0.15) is 0 Å². The van der Waals surface area contributed by atoms with Crippen LogP contribution in [-0.4, -0.2) is 19.8 Å². The Morgan fingerprint density at radius 3 is 1.85 bits per heavy atom. The topological polar surface area (TPSA) is 27.7 Å². The molecular formula is C17H27O3. The summed E-state index contributed by atoms with van der Waals surface area (Å²) in [5.74, 6) is 2.79.